The molecule has 0 saturated carbocycles. The lowest BCUT2D eigenvalue weighted by Gasteiger charge is -2.39. The Morgan fingerprint density at radius 1 is 1.32 bits per heavy atom. The summed E-state index contributed by atoms with van der Waals surface area (Å²) in [4.78, 5) is 12.2. The van der Waals surface area contributed by atoms with Gasteiger partial charge in [-0.25, -0.2) is 4.79 Å². The summed E-state index contributed by atoms with van der Waals surface area (Å²) in [6.07, 6.45) is 3.81. The molecule has 1 spiro atoms. The number of fused-ring (bicyclic) bond motifs is 1. The number of quaternary nitrogens is 1. The van der Waals surface area contributed by atoms with Gasteiger partial charge in [-0.15, -0.1) is 0 Å². The van der Waals surface area contributed by atoms with Crippen molar-refractivity contribution < 1.29 is 27.3 Å². The molecule has 3 nitrogen and oxygen atoms in total. The summed E-state index contributed by atoms with van der Waals surface area (Å²) < 4.78 is 5.78. The number of esters is 1. The number of aryl methyl sites for hydroxylation is 1. The Labute approximate surface area is 120 Å². The molecule has 1 saturated heterocycles. The monoisotopic (exact) mass is 281 g/mol. The van der Waals surface area contributed by atoms with E-state index >= 15 is 0 Å². The molecule has 0 atom stereocenters. The lowest BCUT2D eigenvalue weighted by Crippen LogP contribution is -3.00. The summed E-state index contributed by atoms with van der Waals surface area (Å²) in [6, 6.07) is 6.26. The van der Waals surface area contributed by atoms with Crippen molar-refractivity contribution in [2.75, 3.05) is 13.1 Å². The number of rotatable bonds is 1. The van der Waals surface area contributed by atoms with Crippen LogP contribution in [0.1, 0.15) is 41.3 Å². The van der Waals surface area contributed by atoms with Crippen molar-refractivity contribution in [1.29, 1.82) is 0 Å². The van der Waals surface area contributed by atoms with Gasteiger partial charge in [-0.1, -0.05) is 19.1 Å². The molecule has 1 aromatic carbocycles. The van der Waals surface area contributed by atoms with Crippen molar-refractivity contribution in [3.8, 4) is 0 Å². The molecule has 2 heterocycles. The van der Waals surface area contributed by atoms with Crippen LogP contribution in [0, 0.1) is 0 Å². The molecule has 1 aromatic rings. The quantitative estimate of drug-likeness (QED) is 0.609. The maximum Gasteiger partial charge on any atom is 0.338 e. The van der Waals surface area contributed by atoms with Gasteiger partial charge in [-0.3, -0.25) is 0 Å². The molecule has 0 amide bonds. The van der Waals surface area contributed by atoms with Crippen molar-refractivity contribution in [3.05, 3.63) is 34.9 Å². The average Bonchev–Trinajstić information content (AvgIpc) is 2.39. The first-order valence-corrected chi connectivity index (χ1v) is 6.89. The lowest BCUT2D eigenvalue weighted by atomic mass is 9.81. The van der Waals surface area contributed by atoms with Gasteiger partial charge in [0.05, 0.1) is 18.7 Å². The van der Waals surface area contributed by atoms with Crippen molar-refractivity contribution in [1.82, 2.24) is 0 Å². The van der Waals surface area contributed by atoms with Crippen LogP contribution in [-0.4, -0.2) is 24.7 Å². The summed E-state index contributed by atoms with van der Waals surface area (Å²) in [5, 5.41) is 2.30. The van der Waals surface area contributed by atoms with Crippen LogP contribution in [0.3, 0.4) is 0 Å². The van der Waals surface area contributed by atoms with Crippen molar-refractivity contribution >= 4 is 5.97 Å². The van der Waals surface area contributed by atoms with Crippen LogP contribution in [-0.2, 0) is 17.6 Å². The third-order valence-electron chi connectivity index (χ3n) is 4.23. The molecule has 0 radical (unpaired) electrons. The van der Waals surface area contributed by atoms with Crippen LogP contribution in [0.25, 0.3) is 0 Å². The van der Waals surface area contributed by atoms with Gasteiger partial charge in [0.25, 0.3) is 0 Å². The van der Waals surface area contributed by atoms with Crippen molar-refractivity contribution in [3.63, 3.8) is 0 Å². The van der Waals surface area contributed by atoms with Crippen LogP contribution in [0.4, 0.5) is 0 Å². The van der Waals surface area contributed by atoms with Gasteiger partial charge >= 0.3 is 5.97 Å². The van der Waals surface area contributed by atoms with Crippen molar-refractivity contribution in [2.24, 2.45) is 0 Å². The first-order valence-electron chi connectivity index (χ1n) is 6.89. The molecule has 104 valence electrons. The molecule has 3 rings (SSSR count). The van der Waals surface area contributed by atoms with E-state index in [1.54, 1.807) is 0 Å². The minimum atomic E-state index is -0.216. The van der Waals surface area contributed by atoms with Crippen molar-refractivity contribution in [2.45, 2.75) is 38.2 Å². The van der Waals surface area contributed by atoms with E-state index in [-0.39, 0.29) is 24.0 Å². The SMILES string of the molecule is CCc1ccc2c(c1)C(=O)OC1(CC[NH2+]CC1)C2.[Cl-]. The molecule has 0 bridgehead atoms. The maximum atomic E-state index is 12.2. The van der Waals surface area contributed by atoms with Crippen LogP contribution >= 0.6 is 0 Å². The highest BCUT2D eigenvalue weighted by atomic mass is 35.5. The third kappa shape index (κ3) is 2.63. The first kappa shape index (κ1) is 14.4. The second kappa shape index (κ2) is 5.51. The van der Waals surface area contributed by atoms with Gasteiger partial charge in [-0.05, 0) is 23.6 Å². The number of carbonyl (C=O) groups excluding carboxylic acids is 1. The summed E-state index contributed by atoms with van der Waals surface area (Å²) in [7, 11) is 0. The summed E-state index contributed by atoms with van der Waals surface area (Å²) in [6.45, 7) is 4.24. The summed E-state index contributed by atoms with van der Waals surface area (Å²) in [5.74, 6) is -0.117. The molecule has 2 aliphatic heterocycles. The Kier molecular flexibility index (Phi) is 4.16. The van der Waals surface area contributed by atoms with Gasteiger partial charge in [0.1, 0.15) is 5.60 Å². The minimum Gasteiger partial charge on any atom is -1.00 e. The second-order valence-electron chi connectivity index (χ2n) is 5.46. The van der Waals surface area contributed by atoms with Crippen LogP contribution < -0.4 is 17.7 Å². The number of hydrogen-bond acceptors (Lipinski definition) is 2. The van der Waals surface area contributed by atoms with Gasteiger partial charge in [-0.2, -0.15) is 0 Å². The van der Waals surface area contributed by atoms with E-state index in [2.05, 4.69) is 24.4 Å². The normalized spacial score (nSPS) is 20.4. The molecule has 2 N–H and O–H groups in total. The largest absolute Gasteiger partial charge is 1.00 e. The zero-order chi connectivity index (χ0) is 12.6. The van der Waals surface area contributed by atoms with E-state index in [4.69, 9.17) is 4.74 Å². The van der Waals surface area contributed by atoms with E-state index in [0.29, 0.717) is 0 Å². The number of hydrogen-bond donors (Lipinski definition) is 1. The smallest absolute Gasteiger partial charge is 0.338 e. The molecule has 2 aliphatic rings. The standard InChI is InChI=1S/C15H19NO2.ClH/c1-2-11-3-4-12-10-15(5-7-16-8-6-15)18-14(17)13(12)9-11;/h3-4,9,16H,2,5-8,10H2,1H3;1H. The topological polar surface area (TPSA) is 42.9 Å². The Bertz CT molecular complexity index is 481. The molecular formula is C15H20ClNO2. The number of benzene rings is 1. The lowest BCUT2D eigenvalue weighted by molar-refractivity contribution is -0.668. The van der Waals surface area contributed by atoms with Gasteiger partial charge < -0.3 is 22.5 Å². The van der Waals surface area contributed by atoms with Gasteiger partial charge in [0, 0.05) is 19.3 Å². The minimum absolute atomic E-state index is 0. The zero-order valence-corrected chi connectivity index (χ0v) is 12.0. The molecule has 0 aliphatic carbocycles. The highest BCUT2D eigenvalue weighted by molar-refractivity contribution is 5.92. The van der Waals surface area contributed by atoms with E-state index < -0.39 is 0 Å². The number of nitrogens with two attached hydrogens (primary N) is 1. The number of carbonyl (C=O) groups is 1. The zero-order valence-electron chi connectivity index (χ0n) is 11.2. The third-order valence-corrected chi connectivity index (χ3v) is 4.23. The molecule has 1 fully saturated rings. The second-order valence-corrected chi connectivity index (χ2v) is 5.46. The number of ether oxygens (including phenoxy) is 1. The molecule has 4 heteroatoms. The fourth-order valence-corrected chi connectivity index (χ4v) is 3.10. The van der Waals surface area contributed by atoms with Gasteiger partial charge in [0.2, 0.25) is 0 Å². The molecule has 19 heavy (non-hydrogen) atoms. The van der Waals surface area contributed by atoms with E-state index in [1.165, 1.54) is 11.1 Å². The average molecular weight is 282 g/mol. The summed E-state index contributed by atoms with van der Waals surface area (Å²) in [5.41, 5.74) is 2.95. The number of piperidine rings is 1. The fraction of sp³-hybridized carbons (Fsp3) is 0.533. The van der Waals surface area contributed by atoms with E-state index in [1.807, 2.05) is 6.07 Å². The Balaban J connectivity index is 0.00000133. The first-order chi connectivity index (χ1) is 8.72. The van der Waals surface area contributed by atoms with Crippen LogP contribution in [0.2, 0.25) is 0 Å². The number of halogens is 1. The Hall–Kier alpha value is -1.06. The molecule has 0 unspecified atom stereocenters. The summed E-state index contributed by atoms with van der Waals surface area (Å²) >= 11 is 0. The maximum absolute atomic E-state index is 12.2. The highest BCUT2D eigenvalue weighted by Gasteiger charge is 2.42. The predicted octanol–water partition coefficient (Wildman–Crippen LogP) is -1.94. The predicted molar refractivity (Wildman–Crippen MR) is 68.6 cm³/mol. The Morgan fingerprint density at radius 3 is 2.74 bits per heavy atom. The molecule has 0 aromatic heterocycles. The molecular weight excluding hydrogens is 262 g/mol. The van der Waals surface area contributed by atoms with E-state index in [0.717, 1.165) is 44.3 Å². The highest BCUT2D eigenvalue weighted by Crippen LogP contribution is 2.34. The Morgan fingerprint density at radius 2 is 2.05 bits per heavy atom. The van der Waals surface area contributed by atoms with Crippen LogP contribution in [0.5, 0.6) is 0 Å². The van der Waals surface area contributed by atoms with E-state index in [9.17, 15) is 4.79 Å². The fourth-order valence-electron chi connectivity index (χ4n) is 3.10. The van der Waals surface area contributed by atoms with Gasteiger partial charge in [0.15, 0.2) is 0 Å². The van der Waals surface area contributed by atoms with Crippen LogP contribution in [0.15, 0.2) is 18.2 Å².